The standard InChI is InChI=1S/C20H18ClF3N2O/c21-17-6-1-2-7-18(17)25-10-12-26(13-11-25)19(27)9-8-15-4-3-5-16(14-15)20(22,23)24/h1-9,14H,10-13H2/b9-8+. The Morgan fingerprint density at radius 2 is 1.70 bits per heavy atom. The first-order valence-corrected chi connectivity index (χ1v) is 8.86. The van der Waals surface area contributed by atoms with Crippen LogP contribution >= 0.6 is 11.6 Å². The highest BCUT2D eigenvalue weighted by atomic mass is 35.5. The van der Waals surface area contributed by atoms with Crippen LogP contribution in [0.2, 0.25) is 5.02 Å². The molecule has 1 heterocycles. The second kappa shape index (κ2) is 8.05. The summed E-state index contributed by atoms with van der Waals surface area (Å²) in [7, 11) is 0. The maximum absolute atomic E-state index is 12.7. The summed E-state index contributed by atoms with van der Waals surface area (Å²) in [5.74, 6) is -0.216. The molecule has 1 aliphatic rings. The average molecular weight is 395 g/mol. The number of alkyl halides is 3. The SMILES string of the molecule is O=C(/C=C/c1cccc(C(F)(F)F)c1)N1CCN(c2ccccc2Cl)CC1. The Morgan fingerprint density at radius 1 is 1.00 bits per heavy atom. The highest BCUT2D eigenvalue weighted by molar-refractivity contribution is 6.33. The lowest BCUT2D eigenvalue weighted by atomic mass is 10.1. The quantitative estimate of drug-likeness (QED) is 0.703. The van der Waals surface area contributed by atoms with Crippen LogP contribution in [0.25, 0.3) is 6.08 Å². The first-order chi connectivity index (χ1) is 12.8. The van der Waals surface area contributed by atoms with E-state index < -0.39 is 11.7 Å². The number of rotatable bonds is 3. The molecule has 0 aliphatic carbocycles. The lowest BCUT2D eigenvalue weighted by Crippen LogP contribution is -2.48. The number of carbonyl (C=O) groups excluding carboxylic acids is 1. The van der Waals surface area contributed by atoms with Crippen molar-refractivity contribution in [3.8, 4) is 0 Å². The lowest BCUT2D eigenvalue weighted by molar-refractivity contribution is -0.137. The summed E-state index contributed by atoms with van der Waals surface area (Å²) >= 11 is 6.21. The number of anilines is 1. The van der Waals surface area contributed by atoms with Gasteiger partial charge in [-0.15, -0.1) is 0 Å². The Balaban J connectivity index is 1.60. The fourth-order valence-electron chi connectivity index (χ4n) is 2.97. The highest BCUT2D eigenvalue weighted by Gasteiger charge is 2.30. The third-order valence-corrected chi connectivity index (χ3v) is 4.74. The fraction of sp³-hybridized carbons (Fsp3) is 0.250. The maximum Gasteiger partial charge on any atom is 0.416 e. The molecule has 0 bridgehead atoms. The van der Waals surface area contributed by atoms with E-state index in [2.05, 4.69) is 4.90 Å². The van der Waals surface area contributed by atoms with Crippen LogP contribution in [0.3, 0.4) is 0 Å². The predicted octanol–water partition coefficient (Wildman–Crippen LogP) is 4.72. The molecule has 0 atom stereocenters. The second-order valence-corrected chi connectivity index (χ2v) is 6.63. The highest BCUT2D eigenvalue weighted by Crippen LogP contribution is 2.30. The summed E-state index contributed by atoms with van der Waals surface area (Å²) in [5, 5.41) is 0.668. The Morgan fingerprint density at radius 3 is 2.37 bits per heavy atom. The number of nitrogens with zero attached hydrogens (tertiary/aromatic N) is 2. The van der Waals surface area contributed by atoms with E-state index in [1.165, 1.54) is 24.3 Å². The second-order valence-electron chi connectivity index (χ2n) is 6.22. The van der Waals surface area contributed by atoms with E-state index in [9.17, 15) is 18.0 Å². The van der Waals surface area contributed by atoms with E-state index in [4.69, 9.17) is 11.6 Å². The Labute approximate surface area is 160 Å². The van der Waals surface area contributed by atoms with Crippen LogP contribution in [0.15, 0.2) is 54.6 Å². The predicted molar refractivity (Wildman–Crippen MR) is 101 cm³/mol. The number of para-hydroxylation sites is 1. The van der Waals surface area contributed by atoms with Crippen LogP contribution in [-0.2, 0) is 11.0 Å². The molecular formula is C20H18ClF3N2O. The molecular weight excluding hydrogens is 377 g/mol. The van der Waals surface area contributed by atoms with Gasteiger partial charge < -0.3 is 9.80 Å². The van der Waals surface area contributed by atoms with Gasteiger partial charge >= 0.3 is 6.18 Å². The number of piperazine rings is 1. The van der Waals surface area contributed by atoms with Crippen molar-refractivity contribution in [2.75, 3.05) is 31.1 Å². The number of benzene rings is 2. The molecule has 7 heteroatoms. The summed E-state index contributed by atoms with van der Waals surface area (Å²) in [4.78, 5) is 16.1. The Hall–Kier alpha value is -2.47. The van der Waals surface area contributed by atoms with Crippen molar-refractivity contribution in [1.29, 1.82) is 0 Å². The molecule has 0 radical (unpaired) electrons. The van der Waals surface area contributed by atoms with Gasteiger partial charge in [-0.2, -0.15) is 13.2 Å². The van der Waals surface area contributed by atoms with Crippen molar-refractivity contribution < 1.29 is 18.0 Å². The molecule has 0 N–H and O–H groups in total. The van der Waals surface area contributed by atoms with Crippen LogP contribution in [0.1, 0.15) is 11.1 Å². The van der Waals surface area contributed by atoms with E-state index in [0.29, 0.717) is 36.8 Å². The summed E-state index contributed by atoms with van der Waals surface area (Å²) in [6.45, 7) is 2.34. The van der Waals surface area contributed by atoms with Gasteiger partial charge in [0.1, 0.15) is 0 Å². The van der Waals surface area contributed by atoms with Crippen LogP contribution in [0, 0.1) is 0 Å². The number of amides is 1. The van der Waals surface area contributed by atoms with Gasteiger partial charge in [0.15, 0.2) is 0 Å². The normalized spacial score (nSPS) is 15.4. The topological polar surface area (TPSA) is 23.6 Å². The molecule has 0 unspecified atom stereocenters. The third-order valence-electron chi connectivity index (χ3n) is 4.42. The van der Waals surface area contributed by atoms with Gasteiger partial charge in [-0.1, -0.05) is 35.9 Å². The minimum absolute atomic E-state index is 0.216. The zero-order chi connectivity index (χ0) is 19.4. The lowest BCUT2D eigenvalue weighted by Gasteiger charge is -2.36. The van der Waals surface area contributed by atoms with Crippen LogP contribution in [0.5, 0.6) is 0 Å². The molecule has 0 spiro atoms. The van der Waals surface area contributed by atoms with Gasteiger partial charge in [-0.3, -0.25) is 4.79 Å². The summed E-state index contributed by atoms with van der Waals surface area (Å²) in [5.41, 5.74) is 0.545. The van der Waals surface area contributed by atoms with E-state index in [1.807, 2.05) is 24.3 Å². The van der Waals surface area contributed by atoms with Crippen LogP contribution < -0.4 is 4.90 Å². The van der Waals surface area contributed by atoms with E-state index in [-0.39, 0.29) is 5.91 Å². The number of carbonyl (C=O) groups is 1. The van der Waals surface area contributed by atoms with Crippen LogP contribution in [-0.4, -0.2) is 37.0 Å². The Kier molecular flexibility index (Phi) is 5.75. The summed E-state index contributed by atoms with van der Waals surface area (Å²) in [6.07, 6.45) is -1.67. The number of hydrogen-bond donors (Lipinski definition) is 0. The van der Waals surface area contributed by atoms with Gasteiger partial charge in [-0.25, -0.2) is 0 Å². The van der Waals surface area contributed by atoms with E-state index in [1.54, 1.807) is 4.90 Å². The van der Waals surface area contributed by atoms with Crippen molar-refractivity contribution in [3.63, 3.8) is 0 Å². The molecule has 1 amide bonds. The zero-order valence-corrected chi connectivity index (χ0v) is 15.2. The van der Waals surface area contributed by atoms with Gasteiger partial charge in [0.05, 0.1) is 16.3 Å². The minimum Gasteiger partial charge on any atom is -0.367 e. The Bertz CT molecular complexity index is 843. The molecule has 142 valence electrons. The molecule has 2 aromatic rings. The van der Waals surface area contributed by atoms with Crippen molar-refractivity contribution in [2.24, 2.45) is 0 Å². The molecule has 1 aliphatic heterocycles. The van der Waals surface area contributed by atoms with E-state index >= 15 is 0 Å². The number of hydrogen-bond acceptors (Lipinski definition) is 2. The minimum atomic E-state index is -4.40. The molecule has 3 nitrogen and oxygen atoms in total. The van der Waals surface area contributed by atoms with Crippen molar-refractivity contribution in [2.45, 2.75) is 6.18 Å². The van der Waals surface area contributed by atoms with Crippen molar-refractivity contribution in [3.05, 3.63) is 70.8 Å². The van der Waals surface area contributed by atoms with Gasteiger partial charge in [-0.05, 0) is 35.9 Å². The zero-order valence-electron chi connectivity index (χ0n) is 14.4. The molecule has 0 aromatic heterocycles. The monoisotopic (exact) mass is 394 g/mol. The number of halogens is 4. The smallest absolute Gasteiger partial charge is 0.367 e. The van der Waals surface area contributed by atoms with Crippen molar-refractivity contribution in [1.82, 2.24) is 4.90 Å². The molecule has 1 fully saturated rings. The molecule has 27 heavy (non-hydrogen) atoms. The fourth-order valence-corrected chi connectivity index (χ4v) is 3.22. The largest absolute Gasteiger partial charge is 0.416 e. The van der Waals surface area contributed by atoms with Gasteiger partial charge in [0.25, 0.3) is 0 Å². The third kappa shape index (κ3) is 4.83. The molecule has 2 aromatic carbocycles. The van der Waals surface area contributed by atoms with Gasteiger partial charge in [0.2, 0.25) is 5.91 Å². The van der Waals surface area contributed by atoms with Crippen molar-refractivity contribution >= 4 is 29.3 Å². The van der Waals surface area contributed by atoms with Gasteiger partial charge in [0, 0.05) is 32.3 Å². The summed E-state index contributed by atoms with van der Waals surface area (Å²) in [6, 6.07) is 12.4. The molecule has 0 saturated carbocycles. The van der Waals surface area contributed by atoms with E-state index in [0.717, 1.165) is 17.8 Å². The summed E-state index contributed by atoms with van der Waals surface area (Å²) < 4.78 is 38.2. The average Bonchev–Trinajstić information content (AvgIpc) is 2.66. The molecule has 3 rings (SSSR count). The first kappa shape index (κ1) is 19.3. The maximum atomic E-state index is 12.7. The first-order valence-electron chi connectivity index (χ1n) is 8.48. The molecule has 1 saturated heterocycles. The van der Waals surface area contributed by atoms with Crippen LogP contribution in [0.4, 0.5) is 18.9 Å².